The maximum absolute atomic E-state index is 11.9. The number of carbonyl (C=O) groups excluding carboxylic acids is 3. The van der Waals surface area contributed by atoms with Gasteiger partial charge in [0.1, 0.15) is 6.61 Å². The second-order valence-corrected chi connectivity index (χ2v) is 5.96. The lowest BCUT2D eigenvalue weighted by atomic mass is 9.98. The van der Waals surface area contributed by atoms with Crippen LogP contribution in [0.5, 0.6) is 0 Å². The van der Waals surface area contributed by atoms with E-state index in [2.05, 4.69) is 0 Å². The van der Waals surface area contributed by atoms with E-state index in [0.29, 0.717) is 5.06 Å². The third-order valence-electron chi connectivity index (χ3n) is 4.50. The van der Waals surface area contributed by atoms with Crippen molar-refractivity contribution in [3.63, 3.8) is 0 Å². The largest absolute Gasteiger partial charge is 0.533 e. The highest BCUT2D eigenvalue weighted by Gasteiger charge is 2.34. The zero-order valence-electron chi connectivity index (χ0n) is 14.0. The number of hydrogen-bond donors (Lipinski definition) is 1. The van der Waals surface area contributed by atoms with Gasteiger partial charge in [-0.05, 0) is 22.3 Å². The Labute approximate surface area is 150 Å². The molecule has 4 rings (SSSR count). The first-order valence-electron chi connectivity index (χ1n) is 8.04. The number of hydrogen-bond acceptors (Lipinski definition) is 6. The second kappa shape index (κ2) is 6.97. The lowest BCUT2D eigenvalue weighted by Gasteiger charge is -2.16. The fourth-order valence-corrected chi connectivity index (χ4v) is 3.35. The van der Waals surface area contributed by atoms with Crippen molar-refractivity contribution in [2.75, 3.05) is 6.61 Å². The molecule has 1 heterocycles. The molecule has 7 nitrogen and oxygen atoms in total. The van der Waals surface area contributed by atoms with Crippen LogP contribution >= 0.6 is 0 Å². The molecule has 0 aromatic heterocycles. The van der Waals surface area contributed by atoms with E-state index in [9.17, 15) is 14.4 Å². The smallest absolute Gasteiger partial charge is 0.432 e. The van der Waals surface area contributed by atoms with E-state index < -0.39 is 18.0 Å². The number of imide groups is 1. The molecule has 1 fully saturated rings. The Bertz CT molecular complexity index is 818. The summed E-state index contributed by atoms with van der Waals surface area (Å²) in [6.45, 7) is 0.0725. The SMILES string of the molecule is N.O=C(OCC1c2ccccc2-c2ccccc21)ON1C(=O)CCC1=O. The van der Waals surface area contributed by atoms with Crippen molar-refractivity contribution >= 4 is 18.0 Å². The van der Waals surface area contributed by atoms with E-state index in [1.54, 1.807) is 0 Å². The predicted octanol–water partition coefficient (Wildman–Crippen LogP) is 3.18. The van der Waals surface area contributed by atoms with Crippen LogP contribution in [0.15, 0.2) is 48.5 Å². The first-order chi connectivity index (χ1) is 12.1. The molecular weight excluding hydrogens is 336 g/mol. The fraction of sp³-hybridized carbons (Fsp3) is 0.211. The molecule has 134 valence electrons. The minimum atomic E-state index is -1.05. The van der Waals surface area contributed by atoms with Gasteiger partial charge in [-0.25, -0.2) is 4.79 Å². The molecule has 1 aliphatic carbocycles. The molecule has 0 saturated carbocycles. The summed E-state index contributed by atoms with van der Waals surface area (Å²) in [6, 6.07) is 15.9. The molecule has 0 spiro atoms. The molecule has 0 radical (unpaired) electrons. The Morgan fingerprint density at radius 3 is 1.96 bits per heavy atom. The quantitative estimate of drug-likeness (QED) is 0.670. The molecule has 2 aromatic carbocycles. The summed E-state index contributed by atoms with van der Waals surface area (Å²) in [7, 11) is 0. The van der Waals surface area contributed by atoms with E-state index in [1.165, 1.54) is 0 Å². The molecule has 0 bridgehead atoms. The van der Waals surface area contributed by atoms with E-state index in [4.69, 9.17) is 9.57 Å². The van der Waals surface area contributed by atoms with Crippen molar-refractivity contribution in [1.29, 1.82) is 0 Å². The van der Waals surface area contributed by atoms with Crippen molar-refractivity contribution in [2.24, 2.45) is 0 Å². The Kier molecular flexibility index (Phi) is 4.73. The summed E-state index contributed by atoms with van der Waals surface area (Å²) in [5, 5.41) is 0.485. The van der Waals surface area contributed by atoms with Crippen molar-refractivity contribution < 1.29 is 24.0 Å². The number of ether oxygens (including phenoxy) is 1. The van der Waals surface area contributed by atoms with Crippen LogP contribution in [0, 0.1) is 0 Å². The number of carbonyl (C=O) groups is 3. The lowest BCUT2D eigenvalue weighted by Crippen LogP contribution is -2.32. The van der Waals surface area contributed by atoms with Crippen molar-refractivity contribution in [2.45, 2.75) is 18.8 Å². The van der Waals surface area contributed by atoms with Crippen LogP contribution in [0.3, 0.4) is 0 Å². The van der Waals surface area contributed by atoms with Gasteiger partial charge in [-0.3, -0.25) is 14.4 Å². The highest BCUT2D eigenvalue weighted by atomic mass is 16.8. The summed E-state index contributed by atoms with van der Waals surface area (Å²) >= 11 is 0. The molecular formula is C19H18N2O5. The standard InChI is InChI=1S/C19H15NO5.H3N/c21-17-9-10-18(22)20(17)25-19(23)24-11-16-14-7-3-1-5-12(14)13-6-2-4-8-15(13)16;/h1-8,16H,9-11H2;1H3. The van der Waals surface area contributed by atoms with Crippen molar-refractivity contribution in [3.8, 4) is 11.1 Å². The number of rotatable bonds is 3. The second-order valence-electron chi connectivity index (χ2n) is 5.96. The highest BCUT2D eigenvalue weighted by molar-refractivity contribution is 6.01. The minimum Gasteiger partial charge on any atom is -0.432 e. The van der Waals surface area contributed by atoms with Crippen LogP contribution in [-0.2, 0) is 19.2 Å². The van der Waals surface area contributed by atoms with Gasteiger partial charge in [0.25, 0.3) is 11.8 Å². The zero-order valence-corrected chi connectivity index (χ0v) is 14.0. The summed E-state index contributed by atoms with van der Waals surface area (Å²) in [4.78, 5) is 39.6. The van der Waals surface area contributed by atoms with Gasteiger partial charge in [-0.2, -0.15) is 0 Å². The van der Waals surface area contributed by atoms with Crippen molar-refractivity contribution in [1.82, 2.24) is 11.2 Å². The summed E-state index contributed by atoms with van der Waals surface area (Å²) in [6.07, 6.45) is -0.948. The topological polar surface area (TPSA) is 108 Å². The molecule has 1 aliphatic heterocycles. The maximum Gasteiger partial charge on any atom is 0.533 e. The third kappa shape index (κ3) is 2.93. The third-order valence-corrected chi connectivity index (χ3v) is 4.50. The first kappa shape index (κ1) is 17.6. The maximum atomic E-state index is 11.9. The molecule has 0 unspecified atom stereocenters. The Morgan fingerprint density at radius 2 is 1.42 bits per heavy atom. The van der Waals surface area contributed by atoms with Gasteiger partial charge in [0, 0.05) is 18.8 Å². The van der Waals surface area contributed by atoms with Crippen LogP contribution < -0.4 is 6.15 Å². The Hall–Kier alpha value is -3.19. The van der Waals surface area contributed by atoms with Gasteiger partial charge < -0.3 is 10.9 Å². The summed E-state index contributed by atoms with van der Waals surface area (Å²) in [5.41, 5.74) is 4.38. The van der Waals surface area contributed by atoms with Crippen LogP contribution in [0.25, 0.3) is 11.1 Å². The van der Waals surface area contributed by atoms with Crippen LogP contribution in [0.4, 0.5) is 4.79 Å². The van der Waals surface area contributed by atoms with Crippen molar-refractivity contribution in [3.05, 3.63) is 59.7 Å². The lowest BCUT2D eigenvalue weighted by molar-refractivity contribution is -0.177. The van der Waals surface area contributed by atoms with Gasteiger partial charge >= 0.3 is 6.16 Å². The average Bonchev–Trinajstić information content (AvgIpc) is 3.12. The van der Waals surface area contributed by atoms with Gasteiger partial charge in [0.2, 0.25) is 0 Å². The van der Waals surface area contributed by atoms with Gasteiger partial charge in [0.05, 0.1) is 0 Å². The van der Waals surface area contributed by atoms with E-state index in [0.717, 1.165) is 22.3 Å². The summed E-state index contributed by atoms with van der Waals surface area (Å²) < 4.78 is 5.19. The summed E-state index contributed by atoms with van der Waals surface area (Å²) in [5.74, 6) is -1.16. The zero-order chi connectivity index (χ0) is 17.4. The van der Waals surface area contributed by atoms with Crippen LogP contribution in [0.1, 0.15) is 29.9 Å². The fourth-order valence-electron chi connectivity index (χ4n) is 3.35. The number of amides is 2. The molecule has 7 heteroatoms. The molecule has 3 N–H and O–H groups in total. The molecule has 0 atom stereocenters. The number of hydroxylamine groups is 2. The molecule has 2 amide bonds. The average molecular weight is 354 g/mol. The van der Waals surface area contributed by atoms with Gasteiger partial charge in [-0.15, -0.1) is 0 Å². The Morgan fingerprint density at radius 1 is 0.923 bits per heavy atom. The highest BCUT2D eigenvalue weighted by Crippen LogP contribution is 2.44. The molecule has 1 saturated heterocycles. The molecule has 2 aromatic rings. The van der Waals surface area contributed by atoms with E-state index in [1.807, 2.05) is 48.5 Å². The first-order valence-corrected chi connectivity index (χ1v) is 8.04. The van der Waals surface area contributed by atoms with E-state index >= 15 is 0 Å². The predicted molar refractivity (Wildman–Crippen MR) is 92.3 cm³/mol. The van der Waals surface area contributed by atoms with Crippen LogP contribution in [0.2, 0.25) is 0 Å². The number of fused-ring (bicyclic) bond motifs is 3. The van der Waals surface area contributed by atoms with Crippen LogP contribution in [-0.4, -0.2) is 29.6 Å². The van der Waals surface area contributed by atoms with E-state index in [-0.39, 0.29) is 31.5 Å². The Balaban J connectivity index is 0.00000196. The van der Waals surface area contributed by atoms with Gasteiger partial charge in [0.15, 0.2) is 0 Å². The minimum absolute atomic E-state index is 0. The molecule has 26 heavy (non-hydrogen) atoms. The number of benzene rings is 2. The normalized spacial score (nSPS) is 15.3. The van der Waals surface area contributed by atoms with Gasteiger partial charge in [-0.1, -0.05) is 53.6 Å². The number of nitrogens with zero attached hydrogens (tertiary/aromatic N) is 1. The monoisotopic (exact) mass is 354 g/mol. The molecule has 2 aliphatic rings.